The minimum atomic E-state index is -1.43. The summed E-state index contributed by atoms with van der Waals surface area (Å²) in [7, 11) is 0. The van der Waals surface area contributed by atoms with E-state index in [1.807, 2.05) is 26.0 Å². The Balaban J connectivity index is 1.89. The van der Waals surface area contributed by atoms with Crippen LogP contribution in [0.25, 0.3) is 0 Å². The molecular formula is C17H19N3O5S. The Labute approximate surface area is 154 Å². The van der Waals surface area contributed by atoms with Crippen molar-refractivity contribution in [1.29, 1.82) is 0 Å². The van der Waals surface area contributed by atoms with E-state index in [-0.39, 0.29) is 11.3 Å². The predicted octanol–water partition coefficient (Wildman–Crippen LogP) is 0.480. The molecule has 3 rings (SSSR count). The molecule has 2 heterocycles. The van der Waals surface area contributed by atoms with Crippen molar-refractivity contribution >= 4 is 35.5 Å². The lowest BCUT2D eigenvalue weighted by molar-refractivity contribution is -0.144. The van der Waals surface area contributed by atoms with Gasteiger partial charge in [-0.2, -0.15) is 0 Å². The van der Waals surface area contributed by atoms with E-state index >= 15 is 0 Å². The maximum atomic E-state index is 12.9. The van der Waals surface area contributed by atoms with E-state index < -0.39 is 41.0 Å². The lowest BCUT2D eigenvalue weighted by Crippen LogP contribution is -2.56. The number of hydrogen-bond acceptors (Lipinski definition) is 5. The average molecular weight is 377 g/mol. The van der Waals surface area contributed by atoms with Crippen LogP contribution >= 0.6 is 11.8 Å². The van der Waals surface area contributed by atoms with Gasteiger partial charge in [-0.05, 0) is 25.5 Å². The van der Waals surface area contributed by atoms with E-state index in [1.54, 1.807) is 12.1 Å². The number of fused-ring (bicyclic) bond motifs is 3. The molecule has 0 spiro atoms. The van der Waals surface area contributed by atoms with Gasteiger partial charge in [-0.25, -0.2) is 4.79 Å². The smallest absolute Gasteiger partial charge is 0.326 e. The second-order valence-corrected chi connectivity index (χ2v) is 8.58. The van der Waals surface area contributed by atoms with Crippen LogP contribution in [-0.4, -0.2) is 50.5 Å². The summed E-state index contributed by atoms with van der Waals surface area (Å²) in [6.07, 6.45) is -0.515. The highest BCUT2D eigenvalue weighted by Crippen LogP contribution is 2.56. The Morgan fingerprint density at radius 3 is 2.62 bits per heavy atom. The number of benzene rings is 1. The number of primary amides is 1. The number of amides is 3. The number of carbonyl (C=O) groups is 4. The average Bonchev–Trinajstić information content (AvgIpc) is 2.97. The lowest BCUT2D eigenvalue weighted by Gasteiger charge is -2.30. The number of nitrogens with one attached hydrogen (secondary N) is 1. The van der Waals surface area contributed by atoms with Crippen LogP contribution in [0.3, 0.4) is 0 Å². The third-order valence-corrected chi connectivity index (χ3v) is 6.10. The fraction of sp³-hybridized carbons (Fsp3) is 0.412. The van der Waals surface area contributed by atoms with E-state index in [1.165, 1.54) is 16.7 Å². The van der Waals surface area contributed by atoms with Gasteiger partial charge in [-0.1, -0.05) is 18.2 Å². The van der Waals surface area contributed by atoms with Gasteiger partial charge in [0.05, 0.1) is 6.42 Å². The number of aliphatic carboxylic acids is 1. The molecule has 1 aromatic rings. The van der Waals surface area contributed by atoms with Crippen molar-refractivity contribution in [2.75, 3.05) is 0 Å². The first kappa shape index (κ1) is 18.2. The van der Waals surface area contributed by atoms with Gasteiger partial charge in [0.25, 0.3) is 5.91 Å². The topological polar surface area (TPSA) is 130 Å². The van der Waals surface area contributed by atoms with Crippen LogP contribution in [0.4, 0.5) is 0 Å². The van der Waals surface area contributed by atoms with Crippen molar-refractivity contribution in [3.8, 4) is 0 Å². The molecule has 8 nitrogen and oxygen atoms in total. The summed E-state index contributed by atoms with van der Waals surface area (Å²) in [4.78, 5) is 49.6. The van der Waals surface area contributed by atoms with Gasteiger partial charge >= 0.3 is 5.97 Å². The maximum absolute atomic E-state index is 12.9. The van der Waals surface area contributed by atoms with Gasteiger partial charge in [0, 0.05) is 10.3 Å². The van der Waals surface area contributed by atoms with E-state index in [0.717, 1.165) is 5.56 Å². The van der Waals surface area contributed by atoms with E-state index in [2.05, 4.69) is 5.32 Å². The Kier molecular flexibility index (Phi) is 4.43. The summed E-state index contributed by atoms with van der Waals surface area (Å²) in [5.74, 6) is -3.06. The largest absolute Gasteiger partial charge is 0.480 e. The van der Waals surface area contributed by atoms with Crippen LogP contribution < -0.4 is 11.1 Å². The summed E-state index contributed by atoms with van der Waals surface area (Å²) in [6.45, 7) is 3.67. The Morgan fingerprint density at radius 2 is 2.00 bits per heavy atom. The number of carboxylic acids is 1. The van der Waals surface area contributed by atoms with Crippen LogP contribution in [-0.2, 0) is 14.4 Å². The maximum Gasteiger partial charge on any atom is 0.326 e. The monoisotopic (exact) mass is 377 g/mol. The molecule has 3 atom stereocenters. The predicted molar refractivity (Wildman–Crippen MR) is 94.2 cm³/mol. The van der Waals surface area contributed by atoms with Crippen molar-refractivity contribution in [3.05, 3.63) is 35.4 Å². The zero-order valence-electron chi connectivity index (χ0n) is 14.3. The van der Waals surface area contributed by atoms with Crippen LogP contribution in [0.15, 0.2) is 24.3 Å². The summed E-state index contributed by atoms with van der Waals surface area (Å²) in [5.41, 5.74) is 6.45. The standard InChI is InChI=1S/C17H19N3O5S/c1-17(2)12(13(22)19-10(16(24)25)7-11(18)21)20-14(23)8-5-3-4-6-9(8)15(20)26-17/h3-6,10,12,15H,7H2,1-2H3,(H2,18,21)(H,19,22)(H,24,25)/t10-,12+,15?/m0/s1. The van der Waals surface area contributed by atoms with Crippen molar-refractivity contribution in [1.82, 2.24) is 10.2 Å². The quantitative estimate of drug-likeness (QED) is 0.684. The van der Waals surface area contributed by atoms with Crippen molar-refractivity contribution in [2.45, 2.75) is 42.5 Å². The number of carbonyl (C=O) groups excluding carboxylic acids is 3. The molecule has 0 radical (unpaired) electrons. The molecule has 1 aromatic carbocycles. The van der Waals surface area contributed by atoms with Crippen LogP contribution in [0.5, 0.6) is 0 Å². The summed E-state index contributed by atoms with van der Waals surface area (Å²) >= 11 is 1.48. The van der Waals surface area contributed by atoms with Crippen molar-refractivity contribution < 1.29 is 24.3 Å². The van der Waals surface area contributed by atoms with Crippen molar-refractivity contribution in [3.63, 3.8) is 0 Å². The van der Waals surface area contributed by atoms with E-state index in [9.17, 15) is 24.3 Å². The zero-order chi connectivity index (χ0) is 19.2. The second-order valence-electron chi connectivity index (χ2n) is 6.85. The molecule has 4 N–H and O–H groups in total. The summed E-state index contributed by atoms with van der Waals surface area (Å²) in [6, 6.07) is 4.87. The SMILES string of the molecule is CC1(C)SC2c3ccccc3C(=O)N2[C@@H]1C(=O)N[C@@H](CC(N)=O)C(=O)O. The number of thioether (sulfide) groups is 1. The third kappa shape index (κ3) is 2.92. The highest BCUT2D eigenvalue weighted by Gasteiger charge is 2.57. The highest BCUT2D eigenvalue weighted by molar-refractivity contribution is 8.01. The summed E-state index contributed by atoms with van der Waals surface area (Å²) in [5, 5.41) is 11.3. The molecule has 0 aliphatic carbocycles. The molecule has 0 bridgehead atoms. The number of carboxylic acid groups (broad SMARTS) is 1. The normalized spacial score (nSPS) is 23.9. The Bertz CT molecular complexity index is 809. The molecule has 2 aliphatic rings. The van der Waals surface area contributed by atoms with E-state index in [4.69, 9.17) is 5.73 Å². The first-order valence-electron chi connectivity index (χ1n) is 8.04. The molecule has 9 heteroatoms. The minimum Gasteiger partial charge on any atom is -0.480 e. The first-order valence-corrected chi connectivity index (χ1v) is 8.92. The highest BCUT2D eigenvalue weighted by atomic mass is 32.2. The third-order valence-electron chi connectivity index (χ3n) is 4.56. The fourth-order valence-corrected chi connectivity index (χ4v) is 5.04. The second kappa shape index (κ2) is 6.31. The van der Waals surface area contributed by atoms with Crippen LogP contribution in [0.2, 0.25) is 0 Å². The van der Waals surface area contributed by atoms with Gasteiger partial charge in [0.15, 0.2) is 0 Å². The van der Waals surface area contributed by atoms with Crippen molar-refractivity contribution in [2.24, 2.45) is 5.73 Å². The number of rotatable bonds is 5. The number of nitrogens with zero attached hydrogens (tertiary/aromatic N) is 1. The molecule has 138 valence electrons. The Hall–Kier alpha value is -2.55. The molecule has 26 heavy (non-hydrogen) atoms. The molecular weight excluding hydrogens is 358 g/mol. The van der Waals surface area contributed by atoms with Gasteiger partial charge < -0.3 is 21.1 Å². The van der Waals surface area contributed by atoms with Gasteiger partial charge in [-0.15, -0.1) is 11.8 Å². The van der Waals surface area contributed by atoms with Gasteiger partial charge in [0.2, 0.25) is 11.8 Å². The zero-order valence-corrected chi connectivity index (χ0v) is 15.1. The molecule has 1 fully saturated rings. The van der Waals surface area contributed by atoms with Gasteiger partial charge in [-0.3, -0.25) is 14.4 Å². The molecule has 2 aliphatic heterocycles. The molecule has 3 amide bonds. The van der Waals surface area contributed by atoms with E-state index in [0.29, 0.717) is 5.56 Å². The van der Waals surface area contributed by atoms with Gasteiger partial charge in [0.1, 0.15) is 17.5 Å². The van der Waals surface area contributed by atoms with Crippen LogP contribution in [0.1, 0.15) is 41.6 Å². The van der Waals surface area contributed by atoms with Crippen LogP contribution in [0, 0.1) is 0 Å². The fourth-order valence-electron chi connectivity index (χ4n) is 3.46. The molecule has 0 aromatic heterocycles. The minimum absolute atomic E-state index is 0.259. The lowest BCUT2D eigenvalue weighted by atomic mass is 10.00. The molecule has 0 saturated carbocycles. The Morgan fingerprint density at radius 1 is 1.35 bits per heavy atom. The molecule has 1 unspecified atom stereocenters. The summed E-state index contributed by atoms with van der Waals surface area (Å²) < 4.78 is -0.631. The first-order chi connectivity index (χ1) is 12.1. The number of hydrogen-bond donors (Lipinski definition) is 3. The number of nitrogens with two attached hydrogens (primary N) is 1. The molecule has 1 saturated heterocycles.